The van der Waals surface area contributed by atoms with Crippen LogP contribution in [0.3, 0.4) is 0 Å². The van der Waals surface area contributed by atoms with Crippen molar-refractivity contribution in [3.63, 3.8) is 0 Å². The summed E-state index contributed by atoms with van der Waals surface area (Å²) in [7, 11) is 0. The van der Waals surface area contributed by atoms with Crippen molar-refractivity contribution in [1.82, 2.24) is 5.32 Å². The van der Waals surface area contributed by atoms with Gasteiger partial charge in [-0.05, 0) is 61.8 Å². The number of hydrogen-bond acceptors (Lipinski definition) is 2. The highest BCUT2D eigenvalue weighted by Gasteiger charge is 2.39. The summed E-state index contributed by atoms with van der Waals surface area (Å²) in [5.74, 6) is 1.03. The fourth-order valence-corrected chi connectivity index (χ4v) is 3.43. The van der Waals surface area contributed by atoms with Gasteiger partial charge in [0.15, 0.2) is 0 Å². The maximum atomic E-state index is 6.38. The highest BCUT2D eigenvalue weighted by atomic mass is 16.5. The van der Waals surface area contributed by atoms with Gasteiger partial charge >= 0.3 is 0 Å². The summed E-state index contributed by atoms with van der Waals surface area (Å²) in [5, 5.41) is 3.74. The van der Waals surface area contributed by atoms with Crippen LogP contribution < -0.4 is 10.1 Å². The first kappa shape index (κ1) is 16.4. The van der Waals surface area contributed by atoms with Crippen LogP contribution in [-0.4, -0.2) is 18.7 Å². The van der Waals surface area contributed by atoms with Crippen molar-refractivity contribution in [1.29, 1.82) is 0 Å². The van der Waals surface area contributed by atoms with Gasteiger partial charge in [-0.3, -0.25) is 0 Å². The lowest BCUT2D eigenvalue weighted by molar-refractivity contribution is 0.0364. The Morgan fingerprint density at radius 2 is 2.10 bits per heavy atom. The zero-order chi connectivity index (χ0) is 15.3. The summed E-state index contributed by atoms with van der Waals surface area (Å²) in [6.45, 7) is 10.2. The Bertz CT molecular complexity index is 441. The van der Waals surface area contributed by atoms with Crippen molar-refractivity contribution >= 4 is 0 Å². The van der Waals surface area contributed by atoms with Crippen molar-refractivity contribution in [3.8, 4) is 5.75 Å². The third-order valence-corrected chi connectivity index (χ3v) is 4.73. The normalized spacial score (nSPS) is 24.8. The molecule has 0 amide bonds. The Morgan fingerprint density at radius 1 is 1.29 bits per heavy atom. The molecule has 2 nitrogen and oxygen atoms in total. The van der Waals surface area contributed by atoms with Gasteiger partial charge < -0.3 is 10.1 Å². The first-order valence-electron chi connectivity index (χ1n) is 8.55. The Morgan fingerprint density at radius 3 is 2.81 bits per heavy atom. The average molecular weight is 289 g/mol. The SMILES string of the molecule is CCCNC1C(Oc2cccc(CC)c2)CCCC1(C)C. The Hall–Kier alpha value is -1.02. The molecule has 1 aliphatic carbocycles. The maximum absolute atomic E-state index is 6.38. The molecule has 0 radical (unpaired) electrons. The smallest absolute Gasteiger partial charge is 0.120 e. The predicted octanol–water partition coefficient (Wildman–Crippen LogP) is 4.57. The molecule has 118 valence electrons. The van der Waals surface area contributed by atoms with Crippen LogP contribution in [0.2, 0.25) is 0 Å². The Labute approximate surface area is 130 Å². The molecule has 0 aromatic heterocycles. The molecule has 2 rings (SSSR count). The van der Waals surface area contributed by atoms with E-state index in [-0.39, 0.29) is 6.10 Å². The van der Waals surface area contributed by atoms with Crippen LogP contribution in [0.4, 0.5) is 0 Å². The Kier molecular flexibility index (Phi) is 5.69. The maximum Gasteiger partial charge on any atom is 0.120 e. The molecule has 1 aliphatic rings. The number of benzene rings is 1. The minimum atomic E-state index is 0.285. The van der Waals surface area contributed by atoms with E-state index in [2.05, 4.69) is 57.3 Å². The molecule has 2 heteroatoms. The minimum absolute atomic E-state index is 0.285. The molecule has 1 saturated carbocycles. The van der Waals surface area contributed by atoms with Gasteiger partial charge in [-0.15, -0.1) is 0 Å². The molecule has 2 unspecified atom stereocenters. The fraction of sp³-hybridized carbons (Fsp3) is 0.684. The monoisotopic (exact) mass is 289 g/mol. The van der Waals surface area contributed by atoms with Crippen molar-refractivity contribution in [2.24, 2.45) is 5.41 Å². The predicted molar refractivity (Wildman–Crippen MR) is 89.9 cm³/mol. The van der Waals surface area contributed by atoms with E-state index >= 15 is 0 Å². The first-order valence-corrected chi connectivity index (χ1v) is 8.55. The Balaban J connectivity index is 2.10. The molecule has 0 heterocycles. The summed E-state index contributed by atoms with van der Waals surface area (Å²) in [6, 6.07) is 9.01. The van der Waals surface area contributed by atoms with E-state index in [0.717, 1.165) is 25.1 Å². The quantitative estimate of drug-likeness (QED) is 0.828. The molecule has 1 N–H and O–H groups in total. The number of rotatable bonds is 6. The second kappa shape index (κ2) is 7.31. The average Bonchev–Trinajstić information content (AvgIpc) is 2.46. The molecule has 2 atom stereocenters. The van der Waals surface area contributed by atoms with Crippen LogP contribution >= 0.6 is 0 Å². The van der Waals surface area contributed by atoms with E-state index < -0.39 is 0 Å². The number of hydrogen-bond donors (Lipinski definition) is 1. The molecule has 21 heavy (non-hydrogen) atoms. The van der Waals surface area contributed by atoms with E-state index in [1.165, 1.54) is 24.8 Å². The molecule has 1 aromatic rings. The summed E-state index contributed by atoms with van der Waals surface area (Å²) in [6.07, 6.45) is 6.21. The topological polar surface area (TPSA) is 21.3 Å². The molecular formula is C19H31NO. The van der Waals surface area contributed by atoms with Crippen LogP contribution in [0.15, 0.2) is 24.3 Å². The lowest BCUT2D eigenvalue weighted by Gasteiger charge is -2.44. The van der Waals surface area contributed by atoms with Gasteiger partial charge in [-0.2, -0.15) is 0 Å². The van der Waals surface area contributed by atoms with E-state index in [9.17, 15) is 0 Å². The highest BCUT2D eigenvalue weighted by Crippen LogP contribution is 2.37. The lowest BCUT2D eigenvalue weighted by Crippen LogP contribution is -2.54. The summed E-state index contributed by atoms with van der Waals surface area (Å²) >= 11 is 0. The van der Waals surface area contributed by atoms with Gasteiger partial charge in [0, 0.05) is 6.04 Å². The van der Waals surface area contributed by atoms with Gasteiger partial charge in [0.25, 0.3) is 0 Å². The summed E-state index contributed by atoms with van der Waals surface area (Å²) in [5.41, 5.74) is 1.65. The molecule has 1 aromatic carbocycles. The zero-order valence-electron chi connectivity index (χ0n) is 14.1. The van der Waals surface area contributed by atoms with Gasteiger partial charge in [0.2, 0.25) is 0 Å². The van der Waals surface area contributed by atoms with E-state index in [4.69, 9.17) is 4.74 Å². The van der Waals surface area contributed by atoms with Crippen LogP contribution in [0.25, 0.3) is 0 Å². The van der Waals surface area contributed by atoms with Crippen LogP contribution in [-0.2, 0) is 6.42 Å². The second-order valence-corrected chi connectivity index (χ2v) is 6.97. The second-order valence-electron chi connectivity index (χ2n) is 6.97. The molecule has 0 saturated heterocycles. The highest BCUT2D eigenvalue weighted by molar-refractivity contribution is 5.28. The van der Waals surface area contributed by atoms with Gasteiger partial charge in [-0.1, -0.05) is 39.8 Å². The molecule has 0 aliphatic heterocycles. The fourth-order valence-electron chi connectivity index (χ4n) is 3.43. The van der Waals surface area contributed by atoms with Crippen molar-refractivity contribution < 1.29 is 4.74 Å². The first-order chi connectivity index (χ1) is 10.1. The molecular weight excluding hydrogens is 258 g/mol. The number of nitrogens with one attached hydrogen (secondary N) is 1. The molecule has 0 spiro atoms. The summed E-state index contributed by atoms with van der Waals surface area (Å²) < 4.78 is 6.38. The number of aryl methyl sites for hydroxylation is 1. The molecule has 1 fully saturated rings. The molecule has 0 bridgehead atoms. The van der Waals surface area contributed by atoms with E-state index in [1.54, 1.807) is 0 Å². The third kappa shape index (κ3) is 4.23. The van der Waals surface area contributed by atoms with Crippen LogP contribution in [0.1, 0.15) is 58.9 Å². The van der Waals surface area contributed by atoms with Gasteiger partial charge in [-0.25, -0.2) is 0 Å². The van der Waals surface area contributed by atoms with Crippen LogP contribution in [0.5, 0.6) is 5.75 Å². The summed E-state index contributed by atoms with van der Waals surface area (Å²) in [4.78, 5) is 0. The minimum Gasteiger partial charge on any atom is -0.489 e. The van der Waals surface area contributed by atoms with Crippen molar-refractivity contribution in [3.05, 3.63) is 29.8 Å². The third-order valence-electron chi connectivity index (χ3n) is 4.73. The lowest BCUT2D eigenvalue weighted by atomic mass is 9.71. The van der Waals surface area contributed by atoms with Crippen molar-refractivity contribution in [2.75, 3.05) is 6.54 Å². The number of ether oxygens (including phenoxy) is 1. The van der Waals surface area contributed by atoms with E-state index in [1.807, 2.05) is 0 Å². The van der Waals surface area contributed by atoms with E-state index in [0.29, 0.717) is 11.5 Å². The standard InChI is InChI=1S/C19H31NO/c1-5-13-20-18-17(11-8-12-19(18,3)4)21-16-10-7-9-15(6-2)14-16/h7,9-10,14,17-18,20H,5-6,8,11-13H2,1-4H3. The zero-order valence-corrected chi connectivity index (χ0v) is 14.1. The van der Waals surface area contributed by atoms with Gasteiger partial charge in [0.1, 0.15) is 11.9 Å². The van der Waals surface area contributed by atoms with Crippen LogP contribution in [0, 0.1) is 5.41 Å². The largest absolute Gasteiger partial charge is 0.489 e. The van der Waals surface area contributed by atoms with Crippen molar-refractivity contribution in [2.45, 2.75) is 71.9 Å². The van der Waals surface area contributed by atoms with Gasteiger partial charge in [0.05, 0.1) is 0 Å².